The van der Waals surface area contributed by atoms with E-state index in [0.29, 0.717) is 21.5 Å². The number of pyridine rings is 1. The van der Waals surface area contributed by atoms with Crippen molar-refractivity contribution in [3.05, 3.63) is 51.6 Å². The van der Waals surface area contributed by atoms with Gasteiger partial charge in [0.15, 0.2) is 0 Å². The highest BCUT2D eigenvalue weighted by Crippen LogP contribution is 2.21. The smallest absolute Gasteiger partial charge is 0.258 e. The fourth-order valence-electron chi connectivity index (χ4n) is 1.81. The van der Waals surface area contributed by atoms with Crippen LogP contribution in [-0.4, -0.2) is 10.9 Å². The molecule has 0 saturated carbocycles. The van der Waals surface area contributed by atoms with Crippen LogP contribution in [0.2, 0.25) is 0 Å². The standard InChI is InChI=1S/C14H14BrN3O/c1-8-5-9(2)17-13(6-8)18-14(19)11-7-10(16)3-4-12(11)15/h3-7H,16H2,1-2H3,(H,17,18,19). The van der Waals surface area contributed by atoms with Crippen molar-refractivity contribution in [2.24, 2.45) is 0 Å². The third-order valence-corrected chi connectivity index (χ3v) is 3.27. The number of aromatic nitrogens is 1. The number of carbonyl (C=O) groups is 1. The monoisotopic (exact) mass is 319 g/mol. The second-order valence-electron chi connectivity index (χ2n) is 4.36. The first-order valence-electron chi connectivity index (χ1n) is 5.77. The van der Waals surface area contributed by atoms with Crippen molar-refractivity contribution >= 4 is 33.3 Å². The quantitative estimate of drug-likeness (QED) is 0.834. The molecule has 3 N–H and O–H groups in total. The molecule has 4 nitrogen and oxygen atoms in total. The molecule has 0 bridgehead atoms. The molecule has 0 unspecified atom stereocenters. The van der Waals surface area contributed by atoms with Crippen molar-refractivity contribution in [1.29, 1.82) is 0 Å². The number of nitrogens with two attached hydrogens (primary N) is 1. The Morgan fingerprint density at radius 1 is 1.26 bits per heavy atom. The number of nitrogens with one attached hydrogen (secondary N) is 1. The van der Waals surface area contributed by atoms with E-state index in [1.807, 2.05) is 26.0 Å². The molecule has 0 radical (unpaired) electrons. The zero-order valence-electron chi connectivity index (χ0n) is 10.7. The number of rotatable bonds is 2. The van der Waals surface area contributed by atoms with Crippen LogP contribution in [0.3, 0.4) is 0 Å². The molecule has 5 heteroatoms. The Kier molecular flexibility index (Phi) is 3.85. The first-order valence-corrected chi connectivity index (χ1v) is 6.56. The van der Waals surface area contributed by atoms with Gasteiger partial charge in [0.2, 0.25) is 0 Å². The molecule has 1 aromatic heterocycles. The lowest BCUT2D eigenvalue weighted by Gasteiger charge is -2.08. The molecule has 0 atom stereocenters. The Hall–Kier alpha value is -1.88. The first kappa shape index (κ1) is 13.5. The summed E-state index contributed by atoms with van der Waals surface area (Å²) in [5.41, 5.74) is 8.63. The predicted octanol–water partition coefficient (Wildman–Crippen LogP) is 3.30. The Balaban J connectivity index is 2.28. The third-order valence-electron chi connectivity index (χ3n) is 2.57. The summed E-state index contributed by atoms with van der Waals surface area (Å²) in [5, 5.41) is 2.77. The Labute approximate surface area is 120 Å². The number of benzene rings is 1. The van der Waals surface area contributed by atoms with Crippen LogP contribution in [0.15, 0.2) is 34.8 Å². The lowest BCUT2D eigenvalue weighted by molar-refractivity contribution is 0.102. The van der Waals surface area contributed by atoms with Crippen LogP contribution in [0.1, 0.15) is 21.6 Å². The van der Waals surface area contributed by atoms with E-state index < -0.39 is 0 Å². The number of hydrogen-bond donors (Lipinski definition) is 2. The third kappa shape index (κ3) is 3.32. The minimum Gasteiger partial charge on any atom is -0.399 e. The van der Waals surface area contributed by atoms with Crippen molar-refractivity contribution in [1.82, 2.24) is 4.98 Å². The van der Waals surface area contributed by atoms with Crippen molar-refractivity contribution in [2.45, 2.75) is 13.8 Å². The molecule has 1 amide bonds. The molecule has 0 aliphatic carbocycles. The average molecular weight is 320 g/mol. The maximum atomic E-state index is 12.2. The van der Waals surface area contributed by atoms with Gasteiger partial charge in [0.25, 0.3) is 5.91 Å². The number of carbonyl (C=O) groups excluding carboxylic acids is 1. The van der Waals surface area contributed by atoms with Crippen LogP contribution in [0.25, 0.3) is 0 Å². The van der Waals surface area contributed by atoms with Crippen molar-refractivity contribution in [3.8, 4) is 0 Å². The van der Waals surface area contributed by atoms with Gasteiger partial charge in [0, 0.05) is 15.9 Å². The normalized spacial score (nSPS) is 10.3. The summed E-state index contributed by atoms with van der Waals surface area (Å²) in [4.78, 5) is 16.4. The highest BCUT2D eigenvalue weighted by Gasteiger charge is 2.11. The molecule has 1 aromatic carbocycles. The zero-order valence-corrected chi connectivity index (χ0v) is 12.3. The first-order chi connectivity index (χ1) is 8.95. The predicted molar refractivity (Wildman–Crippen MR) is 80.2 cm³/mol. The van der Waals surface area contributed by atoms with Crippen molar-refractivity contribution in [2.75, 3.05) is 11.1 Å². The summed E-state index contributed by atoms with van der Waals surface area (Å²) in [6.45, 7) is 3.85. The SMILES string of the molecule is Cc1cc(C)nc(NC(=O)c2cc(N)ccc2Br)c1. The summed E-state index contributed by atoms with van der Waals surface area (Å²) in [5.74, 6) is 0.300. The second-order valence-corrected chi connectivity index (χ2v) is 5.22. The summed E-state index contributed by atoms with van der Waals surface area (Å²) < 4.78 is 0.698. The van der Waals surface area contributed by atoms with Gasteiger partial charge in [0.1, 0.15) is 5.82 Å². The minimum absolute atomic E-state index is 0.239. The topological polar surface area (TPSA) is 68.0 Å². The number of aryl methyl sites for hydroxylation is 2. The van der Waals surface area contributed by atoms with E-state index in [9.17, 15) is 4.79 Å². The minimum atomic E-state index is -0.239. The molecule has 0 fully saturated rings. The van der Waals surface area contributed by atoms with Crippen LogP contribution in [0, 0.1) is 13.8 Å². The largest absolute Gasteiger partial charge is 0.399 e. The summed E-state index contributed by atoms with van der Waals surface area (Å²) in [7, 11) is 0. The van der Waals surface area contributed by atoms with E-state index in [2.05, 4.69) is 26.2 Å². The molecule has 0 saturated heterocycles. The Morgan fingerprint density at radius 2 is 2.00 bits per heavy atom. The molecule has 1 heterocycles. The molecule has 98 valence electrons. The molecule has 0 spiro atoms. The molecule has 19 heavy (non-hydrogen) atoms. The van der Waals surface area contributed by atoms with Crippen LogP contribution >= 0.6 is 15.9 Å². The van der Waals surface area contributed by atoms with Crippen molar-refractivity contribution < 1.29 is 4.79 Å². The molecular formula is C14H14BrN3O. The Morgan fingerprint density at radius 3 is 2.68 bits per heavy atom. The van der Waals surface area contributed by atoms with E-state index in [4.69, 9.17) is 5.73 Å². The van der Waals surface area contributed by atoms with Crippen LogP contribution < -0.4 is 11.1 Å². The maximum Gasteiger partial charge on any atom is 0.258 e. The van der Waals surface area contributed by atoms with Gasteiger partial charge in [-0.05, 0) is 65.7 Å². The number of nitrogen functional groups attached to an aromatic ring is 1. The van der Waals surface area contributed by atoms with Gasteiger partial charge in [0.05, 0.1) is 5.56 Å². The summed E-state index contributed by atoms with van der Waals surface area (Å²) >= 11 is 3.34. The fourth-order valence-corrected chi connectivity index (χ4v) is 2.23. The van der Waals surface area contributed by atoms with E-state index in [-0.39, 0.29) is 5.91 Å². The zero-order chi connectivity index (χ0) is 14.0. The number of anilines is 2. The number of amides is 1. The molecule has 0 aliphatic rings. The van der Waals surface area contributed by atoms with E-state index in [1.54, 1.807) is 18.2 Å². The molecule has 0 aliphatic heterocycles. The van der Waals surface area contributed by atoms with Gasteiger partial charge in [-0.25, -0.2) is 4.98 Å². The van der Waals surface area contributed by atoms with Gasteiger partial charge in [-0.1, -0.05) is 0 Å². The van der Waals surface area contributed by atoms with Gasteiger partial charge in [-0.3, -0.25) is 4.79 Å². The molecule has 2 aromatic rings. The maximum absolute atomic E-state index is 12.2. The number of halogens is 1. The highest BCUT2D eigenvalue weighted by atomic mass is 79.9. The number of hydrogen-bond acceptors (Lipinski definition) is 3. The van der Waals surface area contributed by atoms with Gasteiger partial charge >= 0.3 is 0 Å². The molecule has 2 rings (SSSR count). The van der Waals surface area contributed by atoms with Crippen LogP contribution in [-0.2, 0) is 0 Å². The van der Waals surface area contributed by atoms with Gasteiger partial charge < -0.3 is 11.1 Å². The highest BCUT2D eigenvalue weighted by molar-refractivity contribution is 9.10. The van der Waals surface area contributed by atoms with E-state index >= 15 is 0 Å². The van der Waals surface area contributed by atoms with Crippen LogP contribution in [0.4, 0.5) is 11.5 Å². The second kappa shape index (κ2) is 5.40. The summed E-state index contributed by atoms with van der Waals surface area (Å²) in [6.07, 6.45) is 0. The van der Waals surface area contributed by atoms with Crippen LogP contribution in [0.5, 0.6) is 0 Å². The average Bonchev–Trinajstić information content (AvgIpc) is 2.30. The van der Waals surface area contributed by atoms with E-state index in [0.717, 1.165) is 11.3 Å². The summed E-state index contributed by atoms with van der Waals surface area (Å²) in [6, 6.07) is 8.88. The Bertz CT molecular complexity index is 620. The fraction of sp³-hybridized carbons (Fsp3) is 0.143. The van der Waals surface area contributed by atoms with E-state index in [1.165, 1.54) is 0 Å². The van der Waals surface area contributed by atoms with Gasteiger partial charge in [-0.15, -0.1) is 0 Å². The lowest BCUT2D eigenvalue weighted by Crippen LogP contribution is -2.14. The lowest BCUT2D eigenvalue weighted by atomic mass is 10.2. The van der Waals surface area contributed by atoms with Crippen molar-refractivity contribution in [3.63, 3.8) is 0 Å². The molecular weight excluding hydrogens is 306 g/mol. The number of nitrogens with zero attached hydrogens (tertiary/aromatic N) is 1. The van der Waals surface area contributed by atoms with Gasteiger partial charge in [-0.2, -0.15) is 0 Å².